The lowest BCUT2D eigenvalue weighted by Gasteiger charge is -2.28. The number of rotatable bonds is 4. The molecule has 6 heteroatoms. The van der Waals surface area contributed by atoms with Crippen molar-refractivity contribution in [3.63, 3.8) is 0 Å². The molecule has 0 bridgehead atoms. The molecule has 0 unspecified atom stereocenters. The third-order valence-electron chi connectivity index (χ3n) is 2.96. The summed E-state index contributed by atoms with van der Waals surface area (Å²) in [6.45, 7) is 2.07. The van der Waals surface area contributed by atoms with E-state index in [9.17, 15) is 4.39 Å². The van der Waals surface area contributed by atoms with E-state index in [1.165, 1.54) is 6.07 Å². The second-order valence-corrected chi connectivity index (χ2v) is 5.56. The van der Waals surface area contributed by atoms with Crippen molar-refractivity contribution < 1.29 is 4.39 Å². The first-order valence-electron chi connectivity index (χ1n) is 6.24. The summed E-state index contributed by atoms with van der Waals surface area (Å²) in [5, 5.41) is 2.94. The Morgan fingerprint density at radius 2 is 2.16 bits per heavy atom. The number of hydrogen-bond donors (Lipinski definition) is 3. The fraction of sp³-hybridized carbons (Fsp3) is 0.385. The number of anilines is 2. The standard InChI is InChI=1S/C13H19FN4S/c14-12-7-11(17-9-10(16)8-15)1-2-13(12)18-3-5-19-6-4-18/h1-2,7,9,17H,3-6,8,15-16H2/b10-9-. The van der Waals surface area contributed by atoms with E-state index in [0.717, 1.165) is 24.6 Å². The molecule has 0 saturated carbocycles. The van der Waals surface area contributed by atoms with Crippen molar-refractivity contribution in [1.82, 2.24) is 0 Å². The molecule has 1 heterocycles. The van der Waals surface area contributed by atoms with Gasteiger partial charge < -0.3 is 21.7 Å². The van der Waals surface area contributed by atoms with Gasteiger partial charge in [-0.15, -0.1) is 0 Å². The lowest BCUT2D eigenvalue weighted by Crippen LogP contribution is -2.33. The number of nitrogens with zero attached hydrogens (tertiary/aromatic N) is 1. The van der Waals surface area contributed by atoms with Crippen LogP contribution in [0.4, 0.5) is 15.8 Å². The average Bonchev–Trinajstić information content (AvgIpc) is 2.45. The van der Waals surface area contributed by atoms with Crippen molar-refractivity contribution >= 4 is 23.1 Å². The second kappa shape index (κ2) is 6.68. The van der Waals surface area contributed by atoms with Gasteiger partial charge >= 0.3 is 0 Å². The van der Waals surface area contributed by atoms with Crippen LogP contribution in [0.1, 0.15) is 0 Å². The van der Waals surface area contributed by atoms with Gasteiger partial charge in [-0.05, 0) is 18.2 Å². The molecule has 1 aromatic carbocycles. The number of thioether (sulfide) groups is 1. The third kappa shape index (κ3) is 3.78. The highest BCUT2D eigenvalue weighted by Crippen LogP contribution is 2.25. The van der Waals surface area contributed by atoms with Gasteiger partial charge in [0.2, 0.25) is 0 Å². The molecular formula is C13H19FN4S. The number of benzene rings is 1. The molecule has 4 nitrogen and oxygen atoms in total. The molecule has 0 radical (unpaired) electrons. The van der Waals surface area contributed by atoms with Crippen LogP contribution in [-0.2, 0) is 0 Å². The van der Waals surface area contributed by atoms with Gasteiger partial charge in [-0.3, -0.25) is 0 Å². The third-order valence-corrected chi connectivity index (χ3v) is 3.90. The highest BCUT2D eigenvalue weighted by molar-refractivity contribution is 7.99. The number of hydrogen-bond acceptors (Lipinski definition) is 5. The molecule has 1 saturated heterocycles. The summed E-state index contributed by atoms with van der Waals surface area (Å²) in [5.41, 5.74) is 12.8. The minimum Gasteiger partial charge on any atom is -0.400 e. The Morgan fingerprint density at radius 3 is 2.79 bits per heavy atom. The molecular weight excluding hydrogens is 263 g/mol. The summed E-state index contributed by atoms with van der Waals surface area (Å²) >= 11 is 1.91. The SMILES string of the molecule is NC/C(N)=C/Nc1ccc(N2CCSCC2)c(F)c1. The molecule has 0 atom stereocenters. The van der Waals surface area contributed by atoms with E-state index in [-0.39, 0.29) is 12.4 Å². The van der Waals surface area contributed by atoms with Gasteiger partial charge in [0.25, 0.3) is 0 Å². The Labute approximate surface area is 117 Å². The second-order valence-electron chi connectivity index (χ2n) is 4.33. The monoisotopic (exact) mass is 282 g/mol. The van der Waals surface area contributed by atoms with E-state index in [2.05, 4.69) is 10.2 Å². The molecule has 5 N–H and O–H groups in total. The average molecular weight is 282 g/mol. The van der Waals surface area contributed by atoms with Gasteiger partial charge in [0.1, 0.15) is 5.82 Å². The molecule has 0 aliphatic carbocycles. The highest BCUT2D eigenvalue weighted by Gasteiger charge is 2.14. The molecule has 1 aromatic rings. The lowest BCUT2D eigenvalue weighted by molar-refractivity contribution is 0.620. The largest absolute Gasteiger partial charge is 0.400 e. The molecule has 0 aromatic heterocycles. The van der Waals surface area contributed by atoms with E-state index >= 15 is 0 Å². The molecule has 0 spiro atoms. The Morgan fingerprint density at radius 1 is 1.42 bits per heavy atom. The first-order chi connectivity index (χ1) is 9.20. The van der Waals surface area contributed by atoms with Crippen LogP contribution in [0.15, 0.2) is 30.1 Å². The van der Waals surface area contributed by atoms with Crippen LogP contribution in [-0.4, -0.2) is 31.1 Å². The van der Waals surface area contributed by atoms with E-state index in [0.29, 0.717) is 17.1 Å². The van der Waals surface area contributed by atoms with Crippen LogP contribution in [0.2, 0.25) is 0 Å². The van der Waals surface area contributed by atoms with Gasteiger partial charge in [0.05, 0.1) is 5.69 Å². The minimum absolute atomic E-state index is 0.211. The van der Waals surface area contributed by atoms with Crippen LogP contribution >= 0.6 is 11.8 Å². The van der Waals surface area contributed by atoms with Gasteiger partial charge in [0.15, 0.2) is 0 Å². The maximum atomic E-state index is 14.1. The highest BCUT2D eigenvalue weighted by atomic mass is 32.2. The first kappa shape index (κ1) is 14.0. The summed E-state index contributed by atoms with van der Waals surface area (Å²) < 4.78 is 14.1. The van der Waals surface area contributed by atoms with Gasteiger partial charge in [-0.25, -0.2) is 4.39 Å². The molecule has 0 amide bonds. The topological polar surface area (TPSA) is 67.3 Å². The number of nitrogens with one attached hydrogen (secondary N) is 1. The van der Waals surface area contributed by atoms with Gasteiger partial charge in [-0.1, -0.05) is 0 Å². The Hall–Kier alpha value is -1.40. The summed E-state index contributed by atoms with van der Waals surface area (Å²) in [4.78, 5) is 2.08. The van der Waals surface area contributed by atoms with Crippen LogP contribution in [0.25, 0.3) is 0 Å². The van der Waals surface area contributed by atoms with Crippen molar-refractivity contribution in [2.45, 2.75) is 0 Å². The zero-order valence-corrected chi connectivity index (χ0v) is 11.5. The van der Waals surface area contributed by atoms with E-state index in [4.69, 9.17) is 11.5 Å². The molecule has 104 valence electrons. The quantitative estimate of drug-likeness (QED) is 0.782. The van der Waals surface area contributed by atoms with Gasteiger partial charge in [0, 0.05) is 48.7 Å². The van der Waals surface area contributed by atoms with Crippen molar-refractivity contribution in [2.24, 2.45) is 11.5 Å². The normalized spacial score (nSPS) is 16.5. The summed E-state index contributed by atoms with van der Waals surface area (Å²) in [6.07, 6.45) is 1.59. The van der Waals surface area contributed by atoms with Gasteiger partial charge in [-0.2, -0.15) is 11.8 Å². The number of nitrogens with two attached hydrogens (primary N) is 2. The van der Waals surface area contributed by atoms with Crippen molar-refractivity contribution in [2.75, 3.05) is 41.4 Å². The van der Waals surface area contributed by atoms with Crippen LogP contribution in [0.3, 0.4) is 0 Å². The molecule has 1 aliphatic heterocycles. The minimum atomic E-state index is -0.211. The lowest BCUT2D eigenvalue weighted by atomic mass is 10.2. The van der Waals surface area contributed by atoms with Crippen LogP contribution in [0.5, 0.6) is 0 Å². The van der Waals surface area contributed by atoms with E-state index in [1.807, 2.05) is 17.8 Å². The Kier molecular flexibility index (Phi) is 4.93. The van der Waals surface area contributed by atoms with Crippen molar-refractivity contribution in [3.05, 3.63) is 35.9 Å². The van der Waals surface area contributed by atoms with Crippen LogP contribution < -0.4 is 21.7 Å². The molecule has 2 rings (SSSR count). The maximum absolute atomic E-state index is 14.1. The number of halogens is 1. The first-order valence-corrected chi connectivity index (χ1v) is 7.39. The predicted molar refractivity (Wildman–Crippen MR) is 80.9 cm³/mol. The zero-order chi connectivity index (χ0) is 13.7. The van der Waals surface area contributed by atoms with Crippen LogP contribution in [0, 0.1) is 5.82 Å². The Balaban J connectivity index is 2.08. The van der Waals surface area contributed by atoms with E-state index < -0.39 is 0 Å². The zero-order valence-electron chi connectivity index (χ0n) is 10.7. The summed E-state index contributed by atoms with van der Waals surface area (Å²) in [7, 11) is 0. The fourth-order valence-electron chi connectivity index (χ4n) is 1.89. The smallest absolute Gasteiger partial charge is 0.148 e. The molecule has 1 fully saturated rings. The van der Waals surface area contributed by atoms with Crippen molar-refractivity contribution in [3.8, 4) is 0 Å². The molecule has 1 aliphatic rings. The fourth-order valence-corrected chi connectivity index (χ4v) is 2.80. The maximum Gasteiger partial charge on any atom is 0.148 e. The summed E-state index contributed by atoms with van der Waals surface area (Å²) in [5.74, 6) is 1.89. The Bertz CT molecular complexity index is 458. The van der Waals surface area contributed by atoms with Crippen molar-refractivity contribution in [1.29, 1.82) is 0 Å². The predicted octanol–water partition coefficient (Wildman–Crippen LogP) is 1.55. The molecule has 19 heavy (non-hydrogen) atoms. The summed E-state index contributed by atoms with van der Waals surface area (Å²) in [6, 6.07) is 5.14. The van der Waals surface area contributed by atoms with E-state index in [1.54, 1.807) is 12.3 Å².